The molecule has 0 saturated heterocycles. The fourth-order valence-electron chi connectivity index (χ4n) is 2.37. The third kappa shape index (κ3) is 5.00. The van der Waals surface area contributed by atoms with Gasteiger partial charge in [0, 0.05) is 11.4 Å². The summed E-state index contributed by atoms with van der Waals surface area (Å²) in [6.07, 6.45) is 3.72. The van der Waals surface area contributed by atoms with Crippen LogP contribution < -0.4 is 9.47 Å². The Bertz CT molecular complexity index is 768. The number of ether oxygens (including phenoxy) is 2. The molecular weight excluding hydrogens is 340 g/mol. The Labute approximate surface area is 152 Å². The number of allylic oxidation sites excluding steroid dienone is 1. The predicted octanol–water partition coefficient (Wildman–Crippen LogP) is 4.48. The van der Waals surface area contributed by atoms with Crippen molar-refractivity contribution in [1.82, 2.24) is 0 Å². The summed E-state index contributed by atoms with van der Waals surface area (Å²) in [6, 6.07) is 10.3. The largest absolute Gasteiger partial charge is 0.508 e. The van der Waals surface area contributed by atoms with Crippen LogP contribution in [0.3, 0.4) is 0 Å². The Morgan fingerprint density at radius 2 is 2.00 bits per heavy atom. The molecule has 0 aliphatic heterocycles. The average Bonchev–Trinajstić information content (AvgIpc) is 2.62. The minimum absolute atomic E-state index is 0.149. The Hall–Kier alpha value is -2.46. The molecule has 5 heteroatoms. The summed E-state index contributed by atoms with van der Waals surface area (Å²) in [6.45, 7) is 2.46. The molecule has 0 aliphatic rings. The summed E-state index contributed by atoms with van der Waals surface area (Å²) in [5.74, 6) is 1.66. The zero-order valence-corrected chi connectivity index (χ0v) is 15.0. The number of aromatic hydroxyl groups is 1. The number of phenolic OH excluding ortho intramolecular Hbond substituents is 1. The Morgan fingerprint density at radius 3 is 2.68 bits per heavy atom. The first-order valence-electron chi connectivity index (χ1n) is 8.00. The van der Waals surface area contributed by atoms with Gasteiger partial charge < -0.3 is 14.6 Å². The van der Waals surface area contributed by atoms with Crippen LogP contribution in [0.1, 0.15) is 28.4 Å². The molecule has 1 N–H and O–H groups in total. The van der Waals surface area contributed by atoms with Crippen molar-refractivity contribution in [2.75, 3.05) is 19.6 Å². The van der Waals surface area contributed by atoms with Crippen LogP contribution in [-0.2, 0) is 6.42 Å². The third-order valence-electron chi connectivity index (χ3n) is 3.64. The fourth-order valence-corrected chi connectivity index (χ4v) is 2.58. The number of carbonyl (C=O) groups is 1. The Kier molecular flexibility index (Phi) is 6.90. The molecule has 0 amide bonds. The van der Waals surface area contributed by atoms with Gasteiger partial charge >= 0.3 is 0 Å². The first-order chi connectivity index (χ1) is 12.1. The van der Waals surface area contributed by atoms with Crippen molar-refractivity contribution in [3.63, 3.8) is 0 Å². The maximum absolute atomic E-state index is 12.4. The minimum Gasteiger partial charge on any atom is -0.508 e. The van der Waals surface area contributed by atoms with Gasteiger partial charge in [-0.1, -0.05) is 12.1 Å². The van der Waals surface area contributed by atoms with E-state index in [1.54, 1.807) is 25.3 Å². The van der Waals surface area contributed by atoms with Gasteiger partial charge in [0.15, 0.2) is 17.3 Å². The highest BCUT2D eigenvalue weighted by atomic mass is 35.5. The van der Waals surface area contributed by atoms with Crippen molar-refractivity contribution in [3.8, 4) is 17.2 Å². The van der Waals surface area contributed by atoms with E-state index in [0.717, 1.165) is 5.56 Å². The predicted molar refractivity (Wildman–Crippen MR) is 100 cm³/mol. The van der Waals surface area contributed by atoms with Gasteiger partial charge in [0.1, 0.15) is 5.75 Å². The summed E-state index contributed by atoms with van der Waals surface area (Å²) in [4.78, 5) is 12.4. The third-order valence-corrected chi connectivity index (χ3v) is 3.83. The van der Waals surface area contributed by atoms with E-state index >= 15 is 0 Å². The molecule has 0 radical (unpaired) electrons. The van der Waals surface area contributed by atoms with Crippen LogP contribution in [0.25, 0.3) is 6.08 Å². The van der Waals surface area contributed by atoms with Gasteiger partial charge in [0.25, 0.3) is 0 Å². The Balaban J connectivity index is 2.18. The lowest BCUT2D eigenvalue weighted by molar-refractivity contribution is 0.104. The highest BCUT2D eigenvalue weighted by molar-refractivity contribution is 6.18. The second-order valence-electron chi connectivity index (χ2n) is 5.32. The minimum atomic E-state index is -0.149. The van der Waals surface area contributed by atoms with E-state index < -0.39 is 0 Å². The molecule has 0 spiro atoms. The number of ketones is 1. The van der Waals surface area contributed by atoms with Crippen LogP contribution in [0, 0.1) is 0 Å². The second kappa shape index (κ2) is 9.14. The van der Waals surface area contributed by atoms with E-state index in [1.165, 1.54) is 12.1 Å². The van der Waals surface area contributed by atoms with Gasteiger partial charge in [-0.3, -0.25) is 4.79 Å². The molecule has 0 fully saturated rings. The van der Waals surface area contributed by atoms with Crippen molar-refractivity contribution in [2.24, 2.45) is 0 Å². The molecule has 2 aromatic rings. The highest BCUT2D eigenvalue weighted by Gasteiger charge is 2.08. The van der Waals surface area contributed by atoms with Gasteiger partial charge in [-0.15, -0.1) is 11.6 Å². The lowest BCUT2D eigenvalue weighted by Crippen LogP contribution is -1.97. The van der Waals surface area contributed by atoms with Crippen molar-refractivity contribution in [2.45, 2.75) is 13.3 Å². The van der Waals surface area contributed by atoms with Crippen molar-refractivity contribution in [1.29, 1.82) is 0 Å². The number of halogens is 1. The molecule has 0 aromatic heterocycles. The maximum atomic E-state index is 12.4. The second-order valence-corrected chi connectivity index (χ2v) is 5.70. The monoisotopic (exact) mass is 360 g/mol. The van der Waals surface area contributed by atoms with Crippen molar-refractivity contribution < 1.29 is 19.4 Å². The van der Waals surface area contributed by atoms with Crippen LogP contribution >= 0.6 is 11.6 Å². The first-order valence-corrected chi connectivity index (χ1v) is 8.53. The zero-order valence-electron chi connectivity index (χ0n) is 14.3. The molecule has 0 saturated carbocycles. The van der Waals surface area contributed by atoms with E-state index in [2.05, 4.69) is 0 Å². The molecule has 0 bridgehead atoms. The molecule has 2 rings (SSSR count). The molecule has 0 aliphatic carbocycles. The van der Waals surface area contributed by atoms with Crippen LogP contribution in [0.5, 0.6) is 17.2 Å². The summed E-state index contributed by atoms with van der Waals surface area (Å²) in [5.41, 5.74) is 2.00. The highest BCUT2D eigenvalue weighted by Crippen LogP contribution is 2.28. The van der Waals surface area contributed by atoms with Gasteiger partial charge in [-0.2, -0.15) is 0 Å². The van der Waals surface area contributed by atoms with Gasteiger partial charge in [0.2, 0.25) is 0 Å². The summed E-state index contributed by atoms with van der Waals surface area (Å²) in [7, 11) is 1.57. The molecule has 4 nitrogen and oxygen atoms in total. The van der Waals surface area contributed by atoms with Gasteiger partial charge in [-0.25, -0.2) is 0 Å². The van der Waals surface area contributed by atoms with E-state index in [0.29, 0.717) is 41.5 Å². The first kappa shape index (κ1) is 18.9. The normalized spacial score (nSPS) is 10.8. The number of hydrogen-bond acceptors (Lipinski definition) is 4. The van der Waals surface area contributed by atoms with Gasteiger partial charge in [-0.05, 0) is 60.9 Å². The molecule has 0 heterocycles. The lowest BCUT2D eigenvalue weighted by atomic mass is 10.0. The molecule has 0 atom stereocenters. The topological polar surface area (TPSA) is 55.8 Å². The standard InChI is InChI=1S/C20H21ClO4/c1-3-25-19-9-5-14(12-20(19)24-2)4-7-17(22)15-6-8-18(23)16(13-15)10-11-21/h4-9,12-13,23H,3,10-11H2,1-2H3/b7-4-. The molecule has 132 valence electrons. The van der Waals surface area contributed by atoms with Crippen LogP contribution in [0.2, 0.25) is 0 Å². The van der Waals surface area contributed by atoms with E-state index in [9.17, 15) is 9.90 Å². The van der Waals surface area contributed by atoms with Crippen LogP contribution in [0.4, 0.5) is 0 Å². The number of methoxy groups -OCH3 is 1. The SMILES string of the molecule is CCOc1ccc(/C=C\C(=O)c2ccc(O)c(CCCl)c2)cc1OC. The lowest BCUT2D eigenvalue weighted by Gasteiger charge is -2.09. The molecule has 0 unspecified atom stereocenters. The zero-order chi connectivity index (χ0) is 18.2. The quantitative estimate of drug-likeness (QED) is 0.428. The van der Waals surface area contributed by atoms with E-state index in [-0.39, 0.29) is 11.5 Å². The number of hydrogen-bond donors (Lipinski definition) is 1. The van der Waals surface area contributed by atoms with Crippen molar-refractivity contribution >= 4 is 23.5 Å². The summed E-state index contributed by atoms with van der Waals surface area (Å²) >= 11 is 5.71. The number of phenols is 1. The summed E-state index contributed by atoms with van der Waals surface area (Å²) < 4.78 is 10.8. The number of rotatable bonds is 8. The molecule has 25 heavy (non-hydrogen) atoms. The van der Waals surface area contributed by atoms with Crippen LogP contribution in [0.15, 0.2) is 42.5 Å². The maximum Gasteiger partial charge on any atom is 0.185 e. The average molecular weight is 361 g/mol. The fraction of sp³-hybridized carbons (Fsp3) is 0.250. The van der Waals surface area contributed by atoms with Gasteiger partial charge in [0.05, 0.1) is 13.7 Å². The van der Waals surface area contributed by atoms with E-state index in [1.807, 2.05) is 25.1 Å². The van der Waals surface area contributed by atoms with E-state index in [4.69, 9.17) is 21.1 Å². The van der Waals surface area contributed by atoms with Crippen molar-refractivity contribution in [3.05, 3.63) is 59.2 Å². The number of benzene rings is 2. The van der Waals surface area contributed by atoms with Crippen LogP contribution in [-0.4, -0.2) is 30.5 Å². The molecule has 2 aromatic carbocycles. The molecular formula is C20H21ClO4. The smallest absolute Gasteiger partial charge is 0.185 e. The number of carbonyl (C=O) groups excluding carboxylic acids is 1. The number of aryl methyl sites for hydroxylation is 1. The number of alkyl halides is 1. The Morgan fingerprint density at radius 1 is 1.20 bits per heavy atom. The summed E-state index contributed by atoms with van der Waals surface area (Å²) in [5, 5.41) is 9.77.